The smallest absolute Gasteiger partial charge is 0.254 e. The average molecular weight is 386 g/mol. The van der Waals surface area contributed by atoms with Gasteiger partial charge in [-0.25, -0.2) is 0 Å². The second kappa shape index (κ2) is 6.97. The van der Waals surface area contributed by atoms with Gasteiger partial charge in [0.15, 0.2) is 0 Å². The maximum absolute atomic E-state index is 12.4. The molecule has 0 atom stereocenters. The Hall–Kier alpha value is -2.47. The van der Waals surface area contributed by atoms with Gasteiger partial charge in [0.05, 0.1) is 6.54 Å². The maximum Gasteiger partial charge on any atom is 0.254 e. The predicted molar refractivity (Wildman–Crippen MR) is 94.4 cm³/mol. The zero-order valence-electron chi connectivity index (χ0n) is 13.4. The van der Waals surface area contributed by atoms with E-state index in [9.17, 15) is 4.79 Å². The number of hydrogen-bond donors (Lipinski definition) is 0. The lowest BCUT2D eigenvalue weighted by atomic mass is 10.1. The topological polar surface area (TPSA) is 59.2 Å². The first-order valence-corrected chi connectivity index (χ1v) is 8.23. The van der Waals surface area contributed by atoms with Gasteiger partial charge in [-0.2, -0.15) is 4.98 Å². The van der Waals surface area contributed by atoms with Crippen LogP contribution in [0.1, 0.15) is 21.8 Å². The van der Waals surface area contributed by atoms with Crippen molar-refractivity contribution in [3.05, 3.63) is 70.0 Å². The molecule has 0 aliphatic carbocycles. The van der Waals surface area contributed by atoms with Crippen LogP contribution in [-0.4, -0.2) is 28.0 Å². The van der Waals surface area contributed by atoms with Crippen molar-refractivity contribution in [3.8, 4) is 11.4 Å². The van der Waals surface area contributed by atoms with Crippen LogP contribution in [0.3, 0.4) is 0 Å². The summed E-state index contributed by atoms with van der Waals surface area (Å²) in [4.78, 5) is 18.4. The molecule has 0 bridgehead atoms. The normalized spacial score (nSPS) is 10.6. The van der Waals surface area contributed by atoms with Crippen molar-refractivity contribution in [2.45, 2.75) is 13.5 Å². The molecule has 0 saturated carbocycles. The van der Waals surface area contributed by atoms with Gasteiger partial charge in [-0.1, -0.05) is 50.9 Å². The zero-order chi connectivity index (χ0) is 17.1. The Morgan fingerprint density at radius 1 is 1.21 bits per heavy atom. The van der Waals surface area contributed by atoms with Gasteiger partial charge in [0.2, 0.25) is 11.7 Å². The summed E-state index contributed by atoms with van der Waals surface area (Å²) in [5.41, 5.74) is 2.62. The third-order valence-corrected chi connectivity index (χ3v) is 4.03. The minimum Gasteiger partial charge on any atom is -0.337 e. The van der Waals surface area contributed by atoms with Crippen LogP contribution in [0.25, 0.3) is 11.4 Å². The van der Waals surface area contributed by atoms with Gasteiger partial charge >= 0.3 is 0 Å². The number of rotatable bonds is 4. The first kappa shape index (κ1) is 16.4. The molecule has 3 rings (SSSR count). The summed E-state index contributed by atoms with van der Waals surface area (Å²) in [6.07, 6.45) is 0. The molecule has 5 nitrogen and oxygen atoms in total. The summed E-state index contributed by atoms with van der Waals surface area (Å²) in [5.74, 6) is 0.820. The van der Waals surface area contributed by atoms with Crippen LogP contribution in [0.4, 0.5) is 0 Å². The molecule has 0 radical (unpaired) electrons. The Morgan fingerprint density at radius 3 is 2.75 bits per heavy atom. The molecule has 0 saturated heterocycles. The van der Waals surface area contributed by atoms with Crippen LogP contribution < -0.4 is 0 Å². The first-order chi connectivity index (χ1) is 11.5. The van der Waals surface area contributed by atoms with E-state index < -0.39 is 0 Å². The van der Waals surface area contributed by atoms with Crippen molar-refractivity contribution >= 4 is 21.8 Å². The van der Waals surface area contributed by atoms with E-state index in [-0.39, 0.29) is 12.5 Å². The summed E-state index contributed by atoms with van der Waals surface area (Å²) in [6.45, 7) is 2.26. The Labute approximate surface area is 148 Å². The minimum absolute atomic E-state index is 0.105. The molecule has 0 N–H and O–H groups in total. The van der Waals surface area contributed by atoms with Crippen molar-refractivity contribution < 1.29 is 9.32 Å². The first-order valence-electron chi connectivity index (χ1n) is 7.43. The number of aryl methyl sites for hydroxylation is 1. The van der Waals surface area contributed by atoms with Crippen LogP contribution in [0, 0.1) is 6.92 Å². The van der Waals surface area contributed by atoms with E-state index >= 15 is 0 Å². The molecule has 0 spiro atoms. The molecule has 0 aliphatic rings. The van der Waals surface area contributed by atoms with Crippen LogP contribution in [0.5, 0.6) is 0 Å². The SMILES string of the molecule is Cc1cccc(-c2noc(CN(C)C(=O)c3cccc(Br)c3)n2)c1. The lowest BCUT2D eigenvalue weighted by molar-refractivity contribution is 0.0769. The van der Waals surface area contributed by atoms with Crippen molar-refractivity contribution in [2.75, 3.05) is 7.05 Å². The molecule has 24 heavy (non-hydrogen) atoms. The average Bonchev–Trinajstić information content (AvgIpc) is 3.02. The number of carbonyl (C=O) groups is 1. The highest BCUT2D eigenvalue weighted by molar-refractivity contribution is 9.10. The fourth-order valence-electron chi connectivity index (χ4n) is 2.34. The molecular weight excluding hydrogens is 370 g/mol. The molecule has 0 unspecified atom stereocenters. The monoisotopic (exact) mass is 385 g/mol. The summed E-state index contributed by atoms with van der Waals surface area (Å²) in [7, 11) is 1.71. The Kier molecular flexibility index (Phi) is 4.76. The van der Waals surface area contributed by atoms with Gasteiger partial charge in [-0.05, 0) is 31.2 Å². The Balaban J connectivity index is 1.73. The van der Waals surface area contributed by atoms with E-state index in [1.165, 1.54) is 0 Å². The van der Waals surface area contributed by atoms with E-state index in [0.717, 1.165) is 15.6 Å². The number of benzene rings is 2. The summed E-state index contributed by atoms with van der Waals surface area (Å²) < 4.78 is 6.14. The van der Waals surface area contributed by atoms with Crippen LogP contribution in [-0.2, 0) is 6.54 Å². The van der Waals surface area contributed by atoms with Gasteiger partial charge in [0.1, 0.15) is 0 Å². The number of nitrogens with zero attached hydrogens (tertiary/aromatic N) is 3. The van der Waals surface area contributed by atoms with E-state index in [0.29, 0.717) is 17.3 Å². The predicted octanol–water partition coefficient (Wildman–Crippen LogP) is 4.08. The van der Waals surface area contributed by atoms with Gasteiger partial charge in [0.25, 0.3) is 5.91 Å². The zero-order valence-corrected chi connectivity index (χ0v) is 14.9. The quantitative estimate of drug-likeness (QED) is 0.678. The van der Waals surface area contributed by atoms with Crippen molar-refractivity contribution in [1.82, 2.24) is 15.0 Å². The summed E-state index contributed by atoms with van der Waals surface area (Å²) in [6, 6.07) is 15.1. The Morgan fingerprint density at radius 2 is 2.00 bits per heavy atom. The molecule has 3 aromatic rings. The number of carbonyl (C=O) groups excluding carboxylic acids is 1. The standard InChI is InChI=1S/C18H16BrN3O2/c1-12-5-3-6-13(9-12)17-20-16(24-21-17)11-22(2)18(23)14-7-4-8-15(19)10-14/h3-10H,11H2,1-2H3. The highest BCUT2D eigenvalue weighted by Gasteiger charge is 2.16. The highest BCUT2D eigenvalue weighted by Crippen LogP contribution is 2.18. The molecule has 0 aliphatic heterocycles. The number of aromatic nitrogens is 2. The number of amides is 1. The third kappa shape index (κ3) is 3.71. The molecule has 2 aromatic carbocycles. The van der Waals surface area contributed by atoms with Crippen LogP contribution in [0.2, 0.25) is 0 Å². The third-order valence-electron chi connectivity index (χ3n) is 3.54. The Bertz CT molecular complexity index is 876. The van der Waals surface area contributed by atoms with Crippen molar-refractivity contribution in [3.63, 3.8) is 0 Å². The number of halogens is 1. The highest BCUT2D eigenvalue weighted by atomic mass is 79.9. The lowest BCUT2D eigenvalue weighted by Gasteiger charge is -2.14. The molecule has 1 aromatic heterocycles. The lowest BCUT2D eigenvalue weighted by Crippen LogP contribution is -2.26. The van der Waals surface area contributed by atoms with E-state index in [4.69, 9.17) is 4.52 Å². The molecule has 6 heteroatoms. The van der Waals surface area contributed by atoms with Crippen molar-refractivity contribution in [2.24, 2.45) is 0 Å². The van der Waals surface area contributed by atoms with Crippen LogP contribution in [0.15, 0.2) is 57.5 Å². The molecule has 1 amide bonds. The molecular formula is C18H16BrN3O2. The largest absolute Gasteiger partial charge is 0.337 e. The minimum atomic E-state index is -0.105. The fourth-order valence-corrected chi connectivity index (χ4v) is 2.74. The second-order valence-electron chi connectivity index (χ2n) is 5.55. The van der Waals surface area contributed by atoms with Crippen LogP contribution >= 0.6 is 15.9 Å². The van der Waals surface area contributed by atoms with Gasteiger partial charge in [-0.15, -0.1) is 0 Å². The molecule has 122 valence electrons. The fraction of sp³-hybridized carbons (Fsp3) is 0.167. The summed E-state index contributed by atoms with van der Waals surface area (Å²) >= 11 is 3.37. The summed E-state index contributed by atoms with van der Waals surface area (Å²) in [5, 5.41) is 4.00. The van der Waals surface area contributed by atoms with E-state index in [1.807, 2.05) is 43.3 Å². The van der Waals surface area contributed by atoms with E-state index in [2.05, 4.69) is 26.1 Å². The maximum atomic E-state index is 12.4. The van der Waals surface area contributed by atoms with E-state index in [1.54, 1.807) is 24.1 Å². The van der Waals surface area contributed by atoms with Gasteiger partial charge < -0.3 is 9.42 Å². The van der Waals surface area contributed by atoms with Gasteiger partial charge in [0, 0.05) is 22.6 Å². The number of hydrogen-bond acceptors (Lipinski definition) is 4. The van der Waals surface area contributed by atoms with Gasteiger partial charge in [-0.3, -0.25) is 4.79 Å². The second-order valence-corrected chi connectivity index (χ2v) is 6.47. The molecule has 0 fully saturated rings. The van der Waals surface area contributed by atoms with Crippen molar-refractivity contribution in [1.29, 1.82) is 0 Å². The molecule has 1 heterocycles.